The van der Waals surface area contributed by atoms with Gasteiger partial charge in [-0.3, -0.25) is 9.59 Å². The molecule has 0 saturated heterocycles. The molecule has 0 atom stereocenters. The smallest absolute Gasteiger partial charge is 0.262 e. The molecule has 5 nitrogen and oxygen atoms in total. The minimum atomic E-state index is -0.308. The van der Waals surface area contributed by atoms with Crippen molar-refractivity contribution in [1.29, 1.82) is 0 Å². The highest BCUT2D eigenvalue weighted by atomic mass is 35.5. The summed E-state index contributed by atoms with van der Waals surface area (Å²) in [5, 5.41) is 2.97. The maximum absolute atomic E-state index is 12.0. The van der Waals surface area contributed by atoms with Crippen LogP contribution in [0, 0.1) is 6.92 Å². The second-order valence-corrected chi connectivity index (χ2v) is 5.48. The van der Waals surface area contributed by atoms with Crippen LogP contribution in [-0.2, 0) is 4.79 Å². The molecule has 6 heteroatoms. The van der Waals surface area contributed by atoms with E-state index < -0.39 is 0 Å². The molecule has 2 rings (SSSR count). The van der Waals surface area contributed by atoms with Gasteiger partial charge in [0.25, 0.3) is 5.91 Å². The van der Waals surface area contributed by atoms with E-state index in [1.807, 2.05) is 38.1 Å². The third kappa shape index (κ3) is 4.73. The zero-order valence-corrected chi connectivity index (χ0v) is 14.2. The molecule has 0 fully saturated rings. The fourth-order valence-corrected chi connectivity index (χ4v) is 2.20. The maximum atomic E-state index is 12.0. The molecular formula is C18H18ClNO4. The monoisotopic (exact) mass is 347 g/mol. The lowest BCUT2D eigenvalue weighted by molar-refractivity contribution is -0.118. The van der Waals surface area contributed by atoms with Gasteiger partial charge >= 0.3 is 0 Å². The fourth-order valence-electron chi connectivity index (χ4n) is 2.00. The molecular weight excluding hydrogens is 330 g/mol. The molecule has 0 spiro atoms. The van der Waals surface area contributed by atoms with Gasteiger partial charge in [0.05, 0.1) is 11.6 Å². The number of anilines is 1. The summed E-state index contributed by atoms with van der Waals surface area (Å²) in [6, 6.07) is 10.4. The molecule has 0 unspecified atom stereocenters. The molecule has 0 aliphatic heterocycles. The summed E-state index contributed by atoms with van der Waals surface area (Å²) in [5.41, 5.74) is 2.10. The number of hydrogen-bond acceptors (Lipinski definition) is 4. The zero-order chi connectivity index (χ0) is 17.5. The van der Waals surface area contributed by atoms with Crippen LogP contribution in [0.3, 0.4) is 0 Å². The molecule has 1 N–H and O–H groups in total. The van der Waals surface area contributed by atoms with Crippen LogP contribution in [-0.4, -0.2) is 25.4 Å². The van der Waals surface area contributed by atoms with E-state index in [2.05, 4.69) is 5.32 Å². The minimum Gasteiger partial charge on any atom is -0.490 e. The topological polar surface area (TPSA) is 64.6 Å². The molecule has 0 aliphatic carbocycles. The highest BCUT2D eigenvalue weighted by molar-refractivity contribution is 6.33. The Kier molecular flexibility index (Phi) is 6.21. The van der Waals surface area contributed by atoms with Crippen LogP contribution in [0.1, 0.15) is 22.8 Å². The van der Waals surface area contributed by atoms with E-state index in [4.69, 9.17) is 21.1 Å². The minimum absolute atomic E-state index is 0.204. The summed E-state index contributed by atoms with van der Waals surface area (Å²) in [5.74, 6) is 0.371. The largest absolute Gasteiger partial charge is 0.490 e. The maximum Gasteiger partial charge on any atom is 0.262 e. The van der Waals surface area contributed by atoms with Gasteiger partial charge in [0.1, 0.15) is 0 Å². The van der Waals surface area contributed by atoms with Crippen LogP contribution in [0.2, 0.25) is 5.02 Å². The van der Waals surface area contributed by atoms with Crippen molar-refractivity contribution in [3.8, 4) is 11.5 Å². The summed E-state index contributed by atoms with van der Waals surface area (Å²) in [4.78, 5) is 22.9. The highest BCUT2D eigenvalue weighted by Crippen LogP contribution is 2.33. The van der Waals surface area contributed by atoms with Gasteiger partial charge in [-0.05, 0) is 32.0 Å². The molecule has 1 amide bonds. The second kappa shape index (κ2) is 8.36. The van der Waals surface area contributed by atoms with E-state index >= 15 is 0 Å². The van der Waals surface area contributed by atoms with Crippen molar-refractivity contribution in [2.45, 2.75) is 13.8 Å². The van der Waals surface area contributed by atoms with E-state index in [1.165, 1.54) is 12.1 Å². The molecule has 0 aromatic heterocycles. The summed E-state index contributed by atoms with van der Waals surface area (Å²) in [6.07, 6.45) is 0.638. The molecule has 0 heterocycles. The molecule has 2 aromatic carbocycles. The number of benzene rings is 2. The number of carbonyl (C=O) groups excluding carboxylic acids is 2. The van der Waals surface area contributed by atoms with E-state index in [0.29, 0.717) is 35.6 Å². The van der Waals surface area contributed by atoms with Crippen molar-refractivity contribution in [1.82, 2.24) is 0 Å². The number of carbonyl (C=O) groups is 2. The molecule has 0 radical (unpaired) electrons. The van der Waals surface area contributed by atoms with Crippen LogP contribution in [0.15, 0.2) is 36.4 Å². The van der Waals surface area contributed by atoms with Crippen molar-refractivity contribution in [3.05, 3.63) is 52.5 Å². The van der Waals surface area contributed by atoms with Gasteiger partial charge in [0, 0.05) is 17.3 Å². The Hall–Kier alpha value is -2.53. The van der Waals surface area contributed by atoms with E-state index in [1.54, 1.807) is 0 Å². The van der Waals surface area contributed by atoms with Gasteiger partial charge in [0.15, 0.2) is 24.4 Å². The van der Waals surface area contributed by atoms with E-state index in [0.717, 1.165) is 5.56 Å². The number of amides is 1. The Morgan fingerprint density at radius 3 is 2.46 bits per heavy atom. The number of ether oxygens (including phenoxy) is 2. The van der Waals surface area contributed by atoms with Crippen LogP contribution < -0.4 is 14.8 Å². The fraction of sp³-hybridized carbons (Fsp3) is 0.222. The molecule has 2 aromatic rings. The van der Waals surface area contributed by atoms with E-state index in [-0.39, 0.29) is 17.5 Å². The summed E-state index contributed by atoms with van der Waals surface area (Å²) in [6.45, 7) is 3.97. The van der Waals surface area contributed by atoms with Gasteiger partial charge in [0.2, 0.25) is 0 Å². The SMILES string of the molecule is CCOc1cc(C=O)c(Cl)cc1OCC(=O)Nc1ccc(C)cc1. The number of halogens is 1. The lowest BCUT2D eigenvalue weighted by Gasteiger charge is -2.13. The van der Waals surface area contributed by atoms with Crippen molar-refractivity contribution >= 4 is 29.5 Å². The summed E-state index contributed by atoms with van der Waals surface area (Å²) < 4.78 is 10.9. The Balaban J connectivity index is 2.04. The Bertz CT molecular complexity index is 729. The molecule has 0 saturated carbocycles. The van der Waals surface area contributed by atoms with Gasteiger partial charge in [-0.2, -0.15) is 0 Å². The number of rotatable bonds is 7. The molecule has 0 aliphatic rings. The lowest BCUT2D eigenvalue weighted by atomic mass is 10.2. The van der Waals surface area contributed by atoms with Gasteiger partial charge in [-0.25, -0.2) is 0 Å². The summed E-state index contributed by atoms with van der Waals surface area (Å²) >= 11 is 5.99. The lowest BCUT2D eigenvalue weighted by Crippen LogP contribution is -2.20. The molecule has 0 bridgehead atoms. The van der Waals surface area contributed by atoms with Gasteiger partial charge in [-0.15, -0.1) is 0 Å². The van der Waals surface area contributed by atoms with Crippen LogP contribution >= 0.6 is 11.6 Å². The number of hydrogen-bond donors (Lipinski definition) is 1. The predicted molar refractivity (Wildman–Crippen MR) is 93.3 cm³/mol. The average Bonchev–Trinajstić information content (AvgIpc) is 2.57. The van der Waals surface area contributed by atoms with Crippen LogP contribution in [0.5, 0.6) is 11.5 Å². The number of aryl methyl sites for hydroxylation is 1. The summed E-state index contributed by atoms with van der Waals surface area (Å²) in [7, 11) is 0. The first kappa shape index (κ1) is 17.8. The third-order valence-corrected chi connectivity index (χ3v) is 3.51. The van der Waals surface area contributed by atoms with Crippen LogP contribution in [0.4, 0.5) is 5.69 Å². The van der Waals surface area contributed by atoms with Crippen molar-refractivity contribution in [3.63, 3.8) is 0 Å². The van der Waals surface area contributed by atoms with Gasteiger partial charge in [-0.1, -0.05) is 29.3 Å². The standard InChI is InChI=1S/C18H18ClNO4/c1-3-23-16-8-13(10-21)15(19)9-17(16)24-11-18(22)20-14-6-4-12(2)5-7-14/h4-10H,3,11H2,1-2H3,(H,20,22). The number of nitrogens with one attached hydrogen (secondary N) is 1. The Morgan fingerprint density at radius 2 is 1.83 bits per heavy atom. The Morgan fingerprint density at radius 1 is 1.17 bits per heavy atom. The zero-order valence-electron chi connectivity index (χ0n) is 13.5. The van der Waals surface area contributed by atoms with E-state index in [9.17, 15) is 9.59 Å². The first-order valence-electron chi connectivity index (χ1n) is 7.44. The number of aldehydes is 1. The van der Waals surface area contributed by atoms with Crippen molar-refractivity contribution < 1.29 is 19.1 Å². The predicted octanol–water partition coefficient (Wildman–Crippen LogP) is 3.88. The van der Waals surface area contributed by atoms with Gasteiger partial charge < -0.3 is 14.8 Å². The quantitative estimate of drug-likeness (QED) is 0.772. The third-order valence-electron chi connectivity index (χ3n) is 3.18. The first-order valence-corrected chi connectivity index (χ1v) is 7.82. The average molecular weight is 348 g/mol. The van der Waals surface area contributed by atoms with Crippen molar-refractivity contribution in [2.24, 2.45) is 0 Å². The molecule has 126 valence electrons. The van der Waals surface area contributed by atoms with Crippen molar-refractivity contribution in [2.75, 3.05) is 18.5 Å². The highest BCUT2D eigenvalue weighted by Gasteiger charge is 2.12. The normalized spacial score (nSPS) is 10.1. The second-order valence-electron chi connectivity index (χ2n) is 5.07. The first-order chi connectivity index (χ1) is 11.5. The van der Waals surface area contributed by atoms with Crippen LogP contribution in [0.25, 0.3) is 0 Å². The Labute approximate surface area is 145 Å². The molecule has 24 heavy (non-hydrogen) atoms.